The first-order chi connectivity index (χ1) is 10.6. The minimum absolute atomic E-state index is 0.00394. The number of ether oxygens (including phenoxy) is 1. The van der Waals surface area contributed by atoms with Crippen LogP contribution in [-0.2, 0) is 16.0 Å². The Bertz CT molecular complexity index is 641. The summed E-state index contributed by atoms with van der Waals surface area (Å²) in [6.45, 7) is 2.42. The van der Waals surface area contributed by atoms with E-state index >= 15 is 0 Å². The Morgan fingerprint density at radius 2 is 2.00 bits per heavy atom. The van der Waals surface area contributed by atoms with Crippen molar-refractivity contribution in [3.8, 4) is 5.75 Å². The third-order valence-electron chi connectivity index (χ3n) is 4.56. The molecule has 116 valence electrons. The van der Waals surface area contributed by atoms with Gasteiger partial charge in [-0.3, -0.25) is 9.59 Å². The molecule has 1 aromatic carbocycles. The number of nitrogens with zero attached hydrogens (tertiary/aromatic N) is 2. The van der Waals surface area contributed by atoms with Gasteiger partial charge in [-0.15, -0.1) is 0 Å². The maximum absolute atomic E-state index is 12.7. The average molecular weight is 300 g/mol. The Labute approximate surface area is 130 Å². The summed E-state index contributed by atoms with van der Waals surface area (Å²) in [7, 11) is 1.65. The molecule has 0 bridgehead atoms. The van der Waals surface area contributed by atoms with Crippen molar-refractivity contribution in [3.63, 3.8) is 0 Å². The minimum Gasteiger partial charge on any atom is -0.496 e. The zero-order chi connectivity index (χ0) is 15.7. The summed E-state index contributed by atoms with van der Waals surface area (Å²) < 4.78 is 5.34. The second-order valence-corrected chi connectivity index (χ2v) is 5.90. The highest BCUT2D eigenvalue weighted by Crippen LogP contribution is 2.35. The standard InChI is InChI=1S/C17H20N2O3/c1-17-9-7-15(20)19(17)12-11-18(16(17)21)10-8-13-5-3-4-6-14(13)22-2/h3-6,11-12H,7-10H2,1-2H3. The minimum atomic E-state index is -0.716. The molecule has 1 saturated heterocycles. The number of rotatable bonds is 4. The summed E-state index contributed by atoms with van der Waals surface area (Å²) >= 11 is 0. The maximum atomic E-state index is 12.7. The van der Waals surface area contributed by atoms with E-state index in [2.05, 4.69) is 0 Å². The molecule has 0 aromatic heterocycles. The van der Waals surface area contributed by atoms with Gasteiger partial charge in [-0.2, -0.15) is 0 Å². The van der Waals surface area contributed by atoms with Gasteiger partial charge in [-0.05, 0) is 31.4 Å². The second kappa shape index (κ2) is 5.48. The number of benzene rings is 1. The molecule has 2 amide bonds. The normalized spacial score (nSPS) is 23.9. The second-order valence-electron chi connectivity index (χ2n) is 5.90. The smallest absolute Gasteiger partial charge is 0.252 e. The average Bonchev–Trinajstić information content (AvgIpc) is 2.84. The summed E-state index contributed by atoms with van der Waals surface area (Å²) in [5, 5.41) is 0. The first kappa shape index (κ1) is 14.6. The fraction of sp³-hybridized carbons (Fsp3) is 0.412. The first-order valence-electron chi connectivity index (χ1n) is 7.50. The van der Waals surface area contributed by atoms with Crippen LogP contribution in [0, 0.1) is 0 Å². The van der Waals surface area contributed by atoms with Crippen LogP contribution in [0.2, 0.25) is 0 Å². The van der Waals surface area contributed by atoms with E-state index in [1.54, 1.807) is 29.3 Å². The molecule has 3 rings (SSSR count). The van der Waals surface area contributed by atoms with Gasteiger partial charge in [0, 0.05) is 25.4 Å². The highest BCUT2D eigenvalue weighted by molar-refractivity contribution is 5.96. The molecule has 0 spiro atoms. The predicted molar refractivity (Wildman–Crippen MR) is 82.0 cm³/mol. The summed E-state index contributed by atoms with van der Waals surface area (Å²) in [4.78, 5) is 27.8. The number of carbonyl (C=O) groups excluding carboxylic acids is 2. The Kier molecular flexibility index (Phi) is 3.64. The number of amides is 2. The van der Waals surface area contributed by atoms with Gasteiger partial charge in [0.2, 0.25) is 5.91 Å². The predicted octanol–water partition coefficient (Wildman–Crippen LogP) is 1.93. The summed E-state index contributed by atoms with van der Waals surface area (Å²) in [5.41, 5.74) is 0.355. The molecule has 0 N–H and O–H groups in total. The highest BCUT2D eigenvalue weighted by atomic mass is 16.5. The molecule has 0 aliphatic carbocycles. The quantitative estimate of drug-likeness (QED) is 0.854. The molecule has 2 aliphatic rings. The molecule has 22 heavy (non-hydrogen) atoms. The number of hydrogen-bond acceptors (Lipinski definition) is 3. The fourth-order valence-corrected chi connectivity index (χ4v) is 3.17. The molecular formula is C17H20N2O3. The van der Waals surface area contributed by atoms with Crippen LogP contribution in [0.1, 0.15) is 25.3 Å². The van der Waals surface area contributed by atoms with Crippen molar-refractivity contribution in [2.24, 2.45) is 0 Å². The summed E-state index contributed by atoms with van der Waals surface area (Å²) in [5.74, 6) is 0.854. The van der Waals surface area contributed by atoms with Gasteiger partial charge < -0.3 is 14.5 Å². The van der Waals surface area contributed by atoms with E-state index in [4.69, 9.17) is 4.74 Å². The van der Waals surface area contributed by atoms with Crippen molar-refractivity contribution in [1.82, 2.24) is 9.80 Å². The van der Waals surface area contributed by atoms with E-state index in [9.17, 15) is 9.59 Å². The van der Waals surface area contributed by atoms with Gasteiger partial charge in [0.15, 0.2) is 0 Å². The van der Waals surface area contributed by atoms with E-state index in [0.717, 1.165) is 11.3 Å². The van der Waals surface area contributed by atoms with Crippen LogP contribution >= 0.6 is 0 Å². The number of hydrogen-bond donors (Lipinski definition) is 0. The van der Waals surface area contributed by atoms with Crippen LogP contribution in [0.4, 0.5) is 0 Å². The van der Waals surface area contributed by atoms with Crippen molar-refractivity contribution in [2.45, 2.75) is 31.7 Å². The van der Waals surface area contributed by atoms with Crippen LogP contribution in [0.5, 0.6) is 5.75 Å². The van der Waals surface area contributed by atoms with Crippen molar-refractivity contribution in [3.05, 3.63) is 42.2 Å². The molecule has 1 atom stereocenters. The zero-order valence-corrected chi connectivity index (χ0v) is 12.9. The van der Waals surface area contributed by atoms with Gasteiger partial charge in [-0.1, -0.05) is 18.2 Å². The number of fused-ring (bicyclic) bond motifs is 1. The zero-order valence-electron chi connectivity index (χ0n) is 12.9. The third kappa shape index (κ3) is 2.26. The lowest BCUT2D eigenvalue weighted by Crippen LogP contribution is -2.55. The number of carbonyl (C=O) groups is 2. The van der Waals surface area contributed by atoms with Gasteiger partial charge in [0.1, 0.15) is 11.3 Å². The molecule has 0 saturated carbocycles. The van der Waals surface area contributed by atoms with Gasteiger partial charge in [0.05, 0.1) is 7.11 Å². The van der Waals surface area contributed by atoms with E-state index in [1.807, 2.05) is 31.2 Å². The van der Waals surface area contributed by atoms with E-state index in [0.29, 0.717) is 25.8 Å². The lowest BCUT2D eigenvalue weighted by molar-refractivity contribution is -0.145. The van der Waals surface area contributed by atoms with Crippen LogP contribution in [-0.4, -0.2) is 40.8 Å². The Hall–Kier alpha value is -2.30. The van der Waals surface area contributed by atoms with Crippen molar-refractivity contribution >= 4 is 11.8 Å². The van der Waals surface area contributed by atoms with Crippen LogP contribution < -0.4 is 4.74 Å². The summed E-state index contributed by atoms with van der Waals surface area (Å²) in [6, 6.07) is 7.81. The molecule has 5 heteroatoms. The lowest BCUT2D eigenvalue weighted by Gasteiger charge is -2.39. The van der Waals surface area contributed by atoms with Gasteiger partial charge in [0.25, 0.3) is 5.91 Å². The van der Waals surface area contributed by atoms with Crippen LogP contribution in [0.15, 0.2) is 36.7 Å². The Morgan fingerprint density at radius 1 is 1.23 bits per heavy atom. The van der Waals surface area contributed by atoms with Gasteiger partial charge >= 0.3 is 0 Å². The topological polar surface area (TPSA) is 49.9 Å². The largest absolute Gasteiger partial charge is 0.496 e. The van der Waals surface area contributed by atoms with Crippen LogP contribution in [0.3, 0.4) is 0 Å². The molecule has 1 unspecified atom stereocenters. The van der Waals surface area contributed by atoms with Crippen LogP contribution in [0.25, 0.3) is 0 Å². The maximum Gasteiger partial charge on any atom is 0.252 e. The molecule has 1 fully saturated rings. The summed E-state index contributed by atoms with van der Waals surface area (Å²) in [6.07, 6.45) is 5.18. The Morgan fingerprint density at radius 3 is 2.77 bits per heavy atom. The van der Waals surface area contributed by atoms with E-state index < -0.39 is 5.54 Å². The molecule has 2 heterocycles. The van der Waals surface area contributed by atoms with Crippen molar-refractivity contribution in [2.75, 3.05) is 13.7 Å². The first-order valence-corrected chi connectivity index (χ1v) is 7.50. The molecule has 2 aliphatic heterocycles. The number of para-hydroxylation sites is 1. The SMILES string of the molecule is COc1ccccc1CCN1C=CN2C(=O)CCC2(C)C1=O. The van der Waals surface area contributed by atoms with E-state index in [-0.39, 0.29) is 11.8 Å². The van der Waals surface area contributed by atoms with Gasteiger partial charge in [-0.25, -0.2) is 0 Å². The monoisotopic (exact) mass is 300 g/mol. The highest BCUT2D eigenvalue weighted by Gasteiger charge is 2.49. The third-order valence-corrected chi connectivity index (χ3v) is 4.56. The van der Waals surface area contributed by atoms with E-state index in [1.165, 1.54) is 0 Å². The molecule has 1 aromatic rings. The van der Waals surface area contributed by atoms with Crippen molar-refractivity contribution < 1.29 is 14.3 Å². The lowest BCUT2D eigenvalue weighted by atomic mass is 9.95. The fourth-order valence-electron chi connectivity index (χ4n) is 3.17. The number of methoxy groups -OCH3 is 1. The molecular weight excluding hydrogens is 280 g/mol. The Balaban J connectivity index is 1.74. The molecule has 0 radical (unpaired) electrons. The van der Waals surface area contributed by atoms with Crippen molar-refractivity contribution in [1.29, 1.82) is 0 Å². The molecule has 5 nitrogen and oxygen atoms in total.